The molecule has 2 aromatic rings. The molecule has 0 bridgehead atoms. The number of amides is 2. The zero-order valence-electron chi connectivity index (χ0n) is 11.5. The number of benzene rings is 1. The number of pyridine rings is 1. The zero-order chi connectivity index (χ0) is 14.7. The molecule has 1 aliphatic heterocycles. The first-order chi connectivity index (χ1) is 10.2. The first-order valence-corrected chi connectivity index (χ1v) is 6.94. The molecular weight excluding hydrogens is 269 g/mol. The maximum Gasteiger partial charge on any atom is 0.321 e. The van der Waals surface area contributed by atoms with Crippen LogP contribution in [0.25, 0.3) is 0 Å². The molecule has 2 heterocycles. The summed E-state index contributed by atoms with van der Waals surface area (Å²) >= 11 is 0. The minimum absolute atomic E-state index is 0.137. The van der Waals surface area contributed by atoms with E-state index in [4.69, 9.17) is 0 Å². The number of nitrogens with zero attached hydrogens (tertiary/aromatic N) is 2. The van der Waals surface area contributed by atoms with Crippen molar-refractivity contribution in [1.29, 1.82) is 0 Å². The van der Waals surface area contributed by atoms with Gasteiger partial charge in [0.25, 0.3) is 0 Å². The lowest BCUT2D eigenvalue weighted by molar-refractivity contribution is 0.222. The summed E-state index contributed by atoms with van der Waals surface area (Å²) in [4.78, 5) is 17.9. The van der Waals surface area contributed by atoms with E-state index in [2.05, 4.69) is 10.3 Å². The standard InChI is InChI=1S/C16H16FN3O/c17-14-4-1-3-12(9-14)13-6-8-20(11-13)16(21)19-15-5-2-7-18-10-15/h1-5,7,9-10,13H,6,8,11H2,(H,19,21). The molecular formula is C16H16FN3O. The monoisotopic (exact) mass is 285 g/mol. The minimum Gasteiger partial charge on any atom is -0.324 e. The maximum absolute atomic E-state index is 13.3. The van der Waals surface area contributed by atoms with Crippen LogP contribution in [0.2, 0.25) is 0 Å². The first-order valence-electron chi connectivity index (χ1n) is 6.94. The van der Waals surface area contributed by atoms with E-state index in [1.54, 1.807) is 41.6 Å². The molecule has 5 heteroatoms. The van der Waals surface area contributed by atoms with Gasteiger partial charge >= 0.3 is 6.03 Å². The zero-order valence-corrected chi connectivity index (χ0v) is 11.5. The Labute approximate surface area is 122 Å². The normalized spacial score (nSPS) is 17.8. The summed E-state index contributed by atoms with van der Waals surface area (Å²) < 4.78 is 13.3. The quantitative estimate of drug-likeness (QED) is 0.920. The molecule has 0 spiro atoms. The van der Waals surface area contributed by atoms with Crippen LogP contribution in [-0.2, 0) is 0 Å². The highest BCUT2D eigenvalue weighted by molar-refractivity contribution is 5.89. The number of nitrogens with one attached hydrogen (secondary N) is 1. The molecule has 2 amide bonds. The van der Waals surface area contributed by atoms with Crippen molar-refractivity contribution < 1.29 is 9.18 Å². The van der Waals surface area contributed by atoms with Crippen molar-refractivity contribution in [3.8, 4) is 0 Å². The van der Waals surface area contributed by atoms with Crippen molar-refractivity contribution in [2.45, 2.75) is 12.3 Å². The molecule has 1 aromatic carbocycles. The largest absolute Gasteiger partial charge is 0.324 e. The fourth-order valence-electron chi connectivity index (χ4n) is 2.62. The van der Waals surface area contributed by atoms with E-state index in [-0.39, 0.29) is 17.8 Å². The van der Waals surface area contributed by atoms with Crippen LogP contribution in [0.1, 0.15) is 17.9 Å². The smallest absolute Gasteiger partial charge is 0.321 e. The van der Waals surface area contributed by atoms with Crippen molar-refractivity contribution in [2.24, 2.45) is 0 Å². The van der Waals surface area contributed by atoms with Gasteiger partial charge in [-0.2, -0.15) is 0 Å². The van der Waals surface area contributed by atoms with E-state index in [0.29, 0.717) is 18.8 Å². The van der Waals surface area contributed by atoms with Crippen LogP contribution >= 0.6 is 0 Å². The second-order valence-electron chi connectivity index (χ2n) is 5.16. The molecule has 4 nitrogen and oxygen atoms in total. The lowest BCUT2D eigenvalue weighted by Gasteiger charge is -2.17. The molecule has 108 valence electrons. The third kappa shape index (κ3) is 3.18. The molecule has 1 fully saturated rings. The van der Waals surface area contributed by atoms with E-state index in [1.807, 2.05) is 6.07 Å². The fraction of sp³-hybridized carbons (Fsp3) is 0.250. The van der Waals surface area contributed by atoms with Gasteiger partial charge in [-0.05, 0) is 36.2 Å². The van der Waals surface area contributed by atoms with Gasteiger partial charge in [0.1, 0.15) is 5.82 Å². The van der Waals surface area contributed by atoms with Crippen LogP contribution in [-0.4, -0.2) is 29.0 Å². The van der Waals surface area contributed by atoms with Gasteiger partial charge in [0.15, 0.2) is 0 Å². The Morgan fingerprint density at radius 1 is 1.33 bits per heavy atom. The van der Waals surface area contributed by atoms with E-state index < -0.39 is 0 Å². The highest BCUT2D eigenvalue weighted by atomic mass is 19.1. The Balaban J connectivity index is 1.63. The van der Waals surface area contributed by atoms with Crippen molar-refractivity contribution in [3.05, 3.63) is 60.2 Å². The van der Waals surface area contributed by atoms with Gasteiger partial charge in [-0.1, -0.05) is 12.1 Å². The molecule has 1 saturated heterocycles. The van der Waals surface area contributed by atoms with E-state index in [1.165, 1.54) is 6.07 Å². The number of likely N-dealkylation sites (tertiary alicyclic amines) is 1. The Bertz CT molecular complexity index is 632. The lowest BCUT2D eigenvalue weighted by atomic mass is 9.98. The minimum atomic E-state index is -0.231. The van der Waals surface area contributed by atoms with Crippen molar-refractivity contribution >= 4 is 11.7 Å². The predicted octanol–water partition coefficient (Wildman–Crippen LogP) is 3.24. The summed E-state index contributed by atoms with van der Waals surface area (Å²) in [7, 11) is 0. The summed E-state index contributed by atoms with van der Waals surface area (Å²) in [6.07, 6.45) is 4.12. The molecule has 1 aromatic heterocycles. The van der Waals surface area contributed by atoms with Crippen LogP contribution in [0.15, 0.2) is 48.8 Å². The third-order valence-corrected chi connectivity index (χ3v) is 3.71. The number of aromatic nitrogens is 1. The van der Waals surface area contributed by atoms with Gasteiger partial charge in [-0.25, -0.2) is 9.18 Å². The molecule has 1 aliphatic rings. The highest BCUT2D eigenvalue weighted by Gasteiger charge is 2.27. The molecule has 0 saturated carbocycles. The van der Waals surface area contributed by atoms with Crippen LogP contribution in [0.3, 0.4) is 0 Å². The summed E-state index contributed by atoms with van der Waals surface area (Å²) in [5.41, 5.74) is 1.63. The van der Waals surface area contributed by atoms with Gasteiger partial charge in [0, 0.05) is 25.2 Å². The SMILES string of the molecule is O=C(Nc1cccnc1)N1CCC(c2cccc(F)c2)C1. The van der Waals surface area contributed by atoms with E-state index in [9.17, 15) is 9.18 Å². The summed E-state index contributed by atoms with van der Waals surface area (Å²) in [5.74, 6) is -0.0360. The number of carbonyl (C=O) groups excluding carboxylic acids is 1. The lowest BCUT2D eigenvalue weighted by Crippen LogP contribution is -2.32. The molecule has 1 N–H and O–H groups in total. The van der Waals surface area contributed by atoms with Gasteiger partial charge in [-0.15, -0.1) is 0 Å². The predicted molar refractivity (Wildman–Crippen MR) is 78.6 cm³/mol. The van der Waals surface area contributed by atoms with Gasteiger partial charge in [-0.3, -0.25) is 4.98 Å². The highest BCUT2D eigenvalue weighted by Crippen LogP contribution is 2.27. The molecule has 1 unspecified atom stereocenters. The maximum atomic E-state index is 13.3. The van der Waals surface area contributed by atoms with Crippen LogP contribution in [0, 0.1) is 5.82 Å². The fourth-order valence-corrected chi connectivity index (χ4v) is 2.62. The number of urea groups is 1. The topological polar surface area (TPSA) is 45.2 Å². The Kier molecular flexibility index (Phi) is 3.81. The molecule has 21 heavy (non-hydrogen) atoms. The number of rotatable bonds is 2. The summed E-state index contributed by atoms with van der Waals surface area (Å²) in [5, 5.41) is 2.82. The van der Waals surface area contributed by atoms with Crippen LogP contribution in [0.4, 0.5) is 14.9 Å². The van der Waals surface area contributed by atoms with Gasteiger partial charge < -0.3 is 10.2 Å². The van der Waals surface area contributed by atoms with Gasteiger partial charge in [0.2, 0.25) is 0 Å². The average molecular weight is 285 g/mol. The Morgan fingerprint density at radius 2 is 2.24 bits per heavy atom. The number of hydrogen-bond acceptors (Lipinski definition) is 2. The number of halogens is 1. The molecule has 3 rings (SSSR count). The first kappa shape index (κ1) is 13.5. The third-order valence-electron chi connectivity index (χ3n) is 3.71. The van der Waals surface area contributed by atoms with E-state index in [0.717, 1.165) is 12.0 Å². The van der Waals surface area contributed by atoms with Crippen LogP contribution < -0.4 is 5.32 Å². The van der Waals surface area contributed by atoms with Crippen LogP contribution in [0.5, 0.6) is 0 Å². The van der Waals surface area contributed by atoms with Crippen molar-refractivity contribution in [1.82, 2.24) is 9.88 Å². The Morgan fingerprint density at radius 3 is 3.00 bits per heavy atom. The summed E-state index contributed by atoms with van der Waals surface area (Å²) in [6, 6.07) is 10.0. The second-order valence-corrected chi connectivity index (χ2v) is 5.16. The number of carbonyl (C=O) groups is 1. The summed E-state index contributed by atoms with van der Waals surface area (Å²) in [6.45, 7) is 1.28. The molecule has 0 aliphatic carbocycles. The van der Waals surface area contributed by atoms with Gasteiger partial charge in [0.05, 0.1) is 11.9 Å². The second kappa shape index (κ2) is 5.91. The number of hydrogen-bond donors (Lipinski definition) is 1. The molecule has 0 radical (unpaired) electrons. The van der Waals surface area contributed by atoms with Crippen molar-refractivity contribution in [2.75, 3.05) is 18.4 Å². The van der Waals surface area contributed by atoms with Crippen molar-refractivity contribution in [3.63, 3.8) is 0 Å². The Hall–Kier alpha value is -2.43. The molecule has 1 atom stereocenters. The number of anilines is 1. The van der Waals surface area contributed by atoms with E-state index >= 15 is 0 Å². The average Bonchev–Trinajstić information content (AvgIpc) is 2.98.